The van der Waals surface area contributed by atoms with Gasteiger partial charge in [0.2, 0.25) is 5.91 Å². The van der Waals surface area contributed by atoms with Gasteiger partial charge in [0.05, 0.1) is 32.0 Å². The number of aliphatic hydroxyl groups excluding tert-OH is 5. The van der Waals surface area contributed by atoms with Crippen LogP contribution in [0.1, 0.15) is 290 Å². The molecule has 1 rings (SSSR count). The Morgan fingerprint density at radius 3 is 1.38 bits per heavy atom. The Hall–Kier alpha value is -2.12. The molecule has 1 saturated heterocycles. The van der Waals surface area contributed by atoms with Gasteiger partial charge in [0.25, 0.3) is 0 Å². The Morgan fingerprint density at radius 1 is 0.500 bits per heavy atom. The minimum atomic E-state index is -1.57. The summed E-state index contributed by atoms with van der Waals surface area (Å²) in [5.74, 6) is -0.200. The second-order valence-corrected chi connectivity index (χ2v) is 21.8. The zero-order valence-electron chi connectivity index (χ0n) is 47.8. The normalized spacial score (nSPS) is 19.0. The molecule has 0 bridgehead atoms. The Bertz CT molecular complexity index is 1320. The van der Waals surface area contributed by atoms with E-state index in [4.69, 9.17) is 14.2 Å². The monoisotopic (exact) mass is 1050 g/mol. The molecule has 0 aliphatic carbocycles. The lowest BCUT2D eigenvalue weighted by Gasteiger charge is -2.40. The number of carbonyl (C=O) groups excluding carboxylic acids is 2. The molecule has 74 heavy (non-hydrogen) atoms. The van der Waals surface area contributed by atoms with Crippen molar-refractivity contribution in [3.05, 3.63) is 36.5 Å². The molecule has 1 aliphatic heterocycles. The minimum Gasteiger partial charge on any atom is -0.466 e. The lowest BCUT2D eigenvalue weighted by molar-refractivity contribution is -0.302. The van der Waals surface area contributed by atoms with Gasteiger partial charge in [-0.2, -0.15) is 0 Å². The highest BCUT2D eigenvalue weighted by molar-refractivity contribution is 5.76. The number of amides is 1. The predicted molar refractivity (Wildman–Crippen MR) is 306 cm³/mol. The quantitative estimate of drug-likeness (QED) is 0.0195. The van der Waals surface area contributed by atoms with Gasteiger partial charge < -0.3 is 45.1 Å². The van der Waals surface area contributed by atoms with Crippen LogP contribution in [0.4, 0.5) is 0 Å². The fourth-order valence-corrected chi connectivity index (χ4v) is 9.76. The van der Waals surface area contributed by atoms with Crippen LogP contribution in [0.25, 0.3) is 0 Å². The number of unbranched alkanes of at least 4 members (excludes halogenated alkanes) is 36. The second-order valence-electron chi connectivity index (χ2n) is 21.8. The first-order chi connectivity index (χ1) is 36.2. The topological polar surface area (TPSA) is 175 Å². The molecular formula is C63H117NO10. The fraction of sp³-hybridized carbons (Fsp3) is 0.873. The number of nitrogens with one attached hydrogen (secondary N) is 1. The molecule has 6 N–H and O–H groups in total. The van der Waals surface area contributed by atoms with E-state index in [0.29, 0.717) is 19.4 Å². The molecule has 1 amide bonds. The number of allylic oxidation sites excluding steroid dienone is 5. The Morgan fingerprint density at radius 2 is 0.905 bits per heavy atom. The number of carbonyl (C=O) groups is 2. The highest BCUT2D eigenvalue weighted by Crippen LogP contribution is 2.23. The molecule has 1 aliphatic rings. The Kier molecular flexibility index (Phi) is 50.0. The summed E-state index contributed by atoms with van der Waals surface area (Å²) >= 11 is 0. The number of rotatable bonds is 54. The molecule has 0 radical (unpaired) electrons. The highest BCUT2D eigenvalue weighted by Gasteiger charge is 2.44. The smallest absolute Gasteiger partial charge is 0.305 e. The van der Waals surface area contributed by atoms with E-state index in [1.54, 1.807) is 6.08 Å². The van der Waals surface area contributed by atoms with Crippen molar-refractivity contribution in [2.75, 3.05) is 19.8 Å². The fourth-order valence-electron chi connectivity index (χ4n) is 9.76. The molecule has 0 spiro atoms. The van der Waals surface area contributed by atoms with Gasteiger partial charge in [0.15, 0.2) is 6.29 Å². The zero-order valence-corrected chi connectivity index (χ0v) is 47.8. The van der Waals surface area contributed by atoms with E-state index in [-0.39, 0.29) is 18.5 Å². The van der Waals surface area contributed by atoms with E-state index in [1.807, 2.05) is 6.08 Å². The van der Waals surface area contributed by atoms with Gasteiger partial charge in [-0.05, 0) is 64.2 Å². The number of hydrogen-bond donors (Lipinski definition) is 6. The van der Waals surface area contributed by atoms with Gasteiger partial charge in [-0.25, -0.2) is 0 Å². The highest BCUT2D eigenvalue weighted by atomic mass is 16.7. The van der Waals surface area contributed by atoms with Gasteiger partial charge in [-0.15, -0.1) is 0 Å². The van der Waals surface area contributed by atoms with Crippen molar-refractivity contribution in [1.82, 2.24) is 5.32 Å². The molecule has 0 aromatic heterocycles. The van der Waals surface area contributed by atoms with Crippen LogP contribution < -0.4 is 5.32 Å². The average molecular weight is 1050 g/mol. The lowest BCUT2D eigenvalue weighted by Crippen LogP contribution is -2.60. The van der Waals surface area contributed by atoms with E-state index in [9.17, 15) is 35.1 Å². The maximum Gasteiger partial charge on any atom is 0.305 e. The van der Waals surface area contributed by atoms with Gasteiger partial charge in [-0.1, -0.05) is 249 Å². The predicted octanol–water partition coefficient (Wildman–Crippen LogP) is 14.7. The maximum absolute atomic E-state index is 13.0. The lowest BCUT2D eigenvalue weighted by atomic mass is 9.99. The summed E-state index contributed by atoms with van der Waals surface area (Å²) in [6, 6.07) is -0.811. The molecule has 0 aromatic rings. The molecule has 7 atom stereocenters. The van der Waals surface area contributed by atoms with Gasteiger partial charge >= 0.3 is 5.97 Å². The van der Waals surface area contributed by atoms with Crippen molar-refractivity contribution >= 4 is 11.9 Å². The van der Waals surface area contributed by atoms with Crippen LogP contribution in [0.3, 0.4) is 0 Å². The Labute approximate surface area is 453 Å². The van der Waals surface area contributed by atoms with Crippen LogP contribution in [0.15, 0.2) is 36.5 Å². The third-order valence-corrected chi connectivity index (χ3v) is 14.7. The molecular weight excluding hydrogens is 931 g/mol. The molecule has 7 unspecified atom stereocenters. The third-order valence-electron chi connectivity index (χ3n) is 14.7. The van der Waals surface area contributed by atoms with E-state index in [2.05, 4.69) is 43.5 Å². The molecule has 434 valence electrons. The van der Waals surface area contributed by atoms with Crippen molar-refractivity contribution in [2.45, 2.75) is 333 Å². The van der Waals surface area contributed by atoms with Gasteiger partial charge in [-0.3, -0.25) is 9.59 Å². The number of esters is 1. The standard InChI is InChI=1S/C63H117NO10/c1-3-5-7-9-11-13-14-15-16-17-22-25-28-31-35-39-43-47-51-59(68)72-52-48-44-40-36-32-29-26-23-20-18-19-21-24-27-30-34-38-42-46-50-58(67)64-55(56(66)49-45-41-37-33-12-10-8-6-4-2)54-73-63-62(71)61(70)60(69)57(53-65)74-63/h13-14,16-17,45,49,55-57,60-63,65-66,69-71H,3-12,15,18-44,46-48,50-54H2,1-2H3,(H,64,67)/b14-13-,17-16-,49-45+. The first-order valence-corrected chi connectivity index (χ1v) is 31.3. The molecule has 11 nitrogen and oxygen atoms in total. The summed E-state index contributed by atoms with van der Waals surface area (Å²) in [7, 11) is 0. The van der Waals surface area contributed by atoms with Crippen LogP contribution in [0.5, 0.6) is 0 Å². The third kappa shape index (κ3) is 42.0. The number of hydrogen-bond acceptors (Lipinski definition) is 10. The summed E-state index contributed by atoms with van der Waals surface area (Å²) in [4.78, 5) is 25.1. The molecule has 1 heterocycles. The SMILES string of the molecule is CCCCCC/C=C\C/C=C\CCCCCCCCCC(=O)OCCCCCCCCCCCCCCCCCCCCCC(=O)NC(COC1OC(CO)C(O)C(O)C1O)C(O)/C=C/CCCCCCCCC. The minimum absolute atomic E-state index is 0.0132. The van der Waals surface area contributed by atoms with E-state index in [0.717, 1.165) is 70.6 Å². The largest absolute Gasteiger partial charge is 0.466 e. The van der Waals surface area contributed by atoms with Crippen LogP contribution in [0, 0.1) is 0 Å². The van der Waals surface area contributed by atoms with Crippen LogP contribution in [-0.2, 0) is 23.8 Å². The average Bonchev–Trinajstić information content (AvgIpc) is 3.40. The van der Waals surface area contributed by atoms with Crippen molar-refractivity contribution < 1.29 is 49.3 Å². The maximum atomic E-state index is 13.0. The van der Waals surface area contributed by atoms with Gasteiger partial charge in [0, 0.05) is 12.8 Å². The summed E-state index contributed by atoms with van der Waals surface area (Å²) in [5.41, 5.74) is 0. The van der Waals surface area contributed by atoms with Crippen molar-refractivity contribution in [3.63, 3.8) is 0 Å². The van der Waals surface area contributed by atoms with Crippen molar-refractivity contribution in [1.29, 1.82) is 0 Å². The van der Waals surface area contributed by atoms with Crippen molar-refractivity contribution in [3.8, 4) is 0 Å². The van der Waals surface area contributed by atoms with E-state index < -0.39 is 49.5 Å². The van der Waals surface area contributed by atoms with E-state index >= 15 is 0 Å². The number of aliphatic hydroxyl groups is 5. The van der Waals surface area contributed by atoms with Gasteiger partial charge in [0.1, 0.15) is 24.4 Å². The second kappa shape index (κ2) is 52.9. The van der Waals surface area contributed by atoms with Crippen LogP contribution in [-0.4, -0.2) is 100 Å². The first kappa shape index (κ1) is 69.9. The molecule has 0 aromatic carbocycles. The molecule has 0 saturated carbocycles. The summed E-state index contributed by atoms with van der Waals surface area (Å²) in [6.07, 6.45) is 55.4. The van der Waals surface area contributed by atoms with Crippen molar-refractivity contribution in [2.24, 2.45) is 0 Å². The molecule has 1 fully saturated rings. The summed E-state index contributed by atoms with van der Waals surface area (Å²) in [6.45, 7) is 4.29. The summed E-state index contributed by atoms with van der Waals surface area (Å²) < 4.78 is 16.7. The summed E-state index contributed by atoms with van der Waals surface area (Å²) in [5, 5.41) is 54.2. The first-order valence-electron chi connectivity index (χ1n) is 31.3. The number of ether oxygens (including phenoxy) is 3. The van der Waals surface area contributed by atoms with E-state index in [1.165, 1.54) is 193 Å². The van der Waals surface area contributed by atoms with Crippen LogP contribution >= 0.6 is 0 Å². The Balaban J connectivity index is 1.98. The van der Waals surface area contributed by atoms with Crippen LogP contribution in [0.2, 0.25) is 0 Å². The molecule has 11 heteroatoms. The zero-order chi connectivity index (χ0) is 53.8.